The van der Waals surface area contributed by atoms with Crippen LogP contribution in [0, 0.1) is 12.5 Å². The molecule has 0 aliphatic carbocycles. The summed E-state index contributed by atoms with van der Waals surface area (Å²) in [6.07, 6.45) is 4.71. The molecule has 0 amide bonds. The van der Waals surface area contributed by atoms with Gasteiger partial charge in [0.25, 0.3) is 0 Å². The first-order chi connectivity index (χ1) is 5.13. The molecule has 0 spiro atoms. The summed E-state index contributed by atoms with van der Waals surface area (Å²) in [7, 11) is 0. The van der Waals surface area contributed by atoms with E-state index in [1.807, 2.05) is 6.04 Å². The maximum Gasteiger partial charge on any atom is 0.329 e. The minimum atomic E-state index is -1.21. The average molecular weight is 155 g/mol. The minimum Gasteiger partial charge on any atom is -0.480 e. The fraction of sp³-hybridized carbons (Fsp3) is 0.286. The van der Waals surface area contributed by atoms with Gasteiger partial charge in [0.1, 0.15) is 6.10 Å². The van der Waals surface area contributed by atoms with Gasteiger partial charge in [-0.1, -0.05) is 12.5 Å². The number of terminal acetylenes is 1. The Morgan fingerprint density at radius 1 is 1.82 bits per heavy atom. The number of nitrogens with one attached hydrogen (secondary N) is 1. The van der Waals surface area contributed by atoms with E-state index in [-0.39, 0.29) is 0 Å². The fourth-order valence-corrected chi connectivity index (χ4v) is 0.519. The van der Waals surface area contributed by atoms with Crippen molar-refractivity contribution in [3.63, 3.8) is 0 Å². The van der Waals surface area contributed by atoms with E-state index in [9.17, 15) is 4.79 Å². The molecule has 2 atom stereocenters. The molecule has 0 aromatic rings. The largest absolute Gasteiger partial charge is 0.480 e. The Hall–Kier alpha value is -1.47. The van der Waals surface area contributed by atoms with Crippen molar-refractivity contribution in [2.45, 2.75) is 12.1 Å². The Morgan fingerprint density at radius 2 is 2.36 bits per heavy atom. The summed E-state index contributed by atoms with van der Waals surface area (Å²) in [4.78, 5) is 10.3. The third kappa shape index (κ3) is 2.74. The molecule has 0 aliphatic rings. The van der Waals surface area contributed by atoms with Crippen molar-refractivity contribution in [1.82, 2.24) is 5.32 Å². The Labute approximate surface area is 64.5 Å². The molecule has 60 valence electrons. The molecule has 0 fully saturated rings. The zero-order valence-corrected chi connectivity index (χ0v) is 5.82. The summed E-state index contributed by atoms with van der Waals surface area (Å²) in [6.45, 7) is 3.22. The number of aliphatic carboxylic acids is 1. The van der Waals surface area contributed by atoms with Crippen LogP contribution in [0.25, 0.3) is 0 Å². The van der Waals surface area contributed by atoms with Gasteiger partial charge in [-0.3, -0.25) is 0 Å². The first-order valence-corrected chi connectivity index (χ1v) is 2.88. The first kappa shape index (κ1) is 9.53. The van der Waals surface area contributed by atoms with Gasteiger partial charge in [0.15, 0.2) is 6.04 Å². The van der Waals surface area contributed by atoms with Gasteiger partial charge in [-0.25, -0.2) is 4.79 Å². The predicted octanol–water partition coefficient (Wildman–Crippen LogP) is -0.833. The molecule has 0 saturated heterocycles. The molecular formula is C7H9NO3. The van der Waals surface area contributed by atoms with Crippen LogP contribution in [0.1, 0.15) is 0 Å². The molecule has 0 rings (SSSR count). The van der Waals surface area contributed by atoms with Crippen LogP contribution in [0.4, 0.5) is 0 Å². The molecule has 4 heteroatoms. The topological polar surface area (TPSA) is 69.6 Å². The number of hydrogen-bond donors (Lipinski definition) is 3. The molecule has 2 unspecified atom stereocenters. The van der Waals surface area contributed by atoms with E-state index < -0.39 is 18.1 Å². The molecule has 0 radical (unpaired) electrons. The third-order valence-corrected chi connectivity index (χ3v) is 1.09. The normalized spacial score (nSPS) is 14.2. The summed E-state index contributed by atoms with van der Waals surface area (Å²) in [5.74, 6) is -1.21. The van der Waals surface area contributed by atoms with Crippen LogP contribution in [0.3, 0.4) is 0 Å². The summed E-state index contributed by atoms with van der Waals surface area (Å²) in [6, 6.07) is 0.743. The summed E-state index contributed by atoms with van der Waals surface area (Å²) in [5.41, 5.74) is 0. The van der Waals surface area contributed by atoms with Crippen molar-refractivity contribution in [2.24, 2.45) is 0 Å². The van der Waals surface area contributed by atoms with Crippen LogP contribution in [0.5, 0.6) is 0 Å². The highest BCUT2D eigenvalue weighted by molar-refractivity contribution is 5.75. The van der Waals surface area contributed by atoms with E-state index in [0.29, 0.717) is 0 Å². The number of carboxylic acid groups (broad SMARTS) is 1. The SMILES string of the molecule is C#CNC(C(=O)O)C(O)C=C. The van der Waals surface area contributed by atoms with Crippen molar-refractivity contribution in [2.75, 3.05) is 0 Å². The molecule has 0 aliphatic heterocycles. The summed E-state index contributed by atoms with van der Waals surface area (Å²) < 4.78 is 0. The third-order valence-electron chi connectivity index (χ3n) is 1.09. The lowest BCUT2D eigenvalue weighted by Gasteiger charge is -2.13. The van der Waals surface area contributed by atoms with Gasteiger partial charge >= 0.3 is 5.97 Å². The highest BCUT2D eigenvalue weighted by Crippen LogP contribution is 1.93. The van der Waals surface area contributed by atoms with Crippen molar-refractivity contribution in [1.29, 1.82) is 0 Å². The number of carboxylic acids is 1. The molecule has 0 aromatic heterocycles. The van der Waals surface area contributed by atoms with Crippen LogP contribution in [0.2, 0.25) is 0 Å². The lowest BCUT2D eigenvalue weighted by atomic mass is 10.1. The standard InChI is InChI=1S/C7H9NO3/c1-3-5(9)6(7(10)11)8-4-2/h2-3,5-6,8-9H,1H2,(H,10,11). The maximum atomic E-state index is 10.3. The van der Waals surface area contributed by atoms with Gasteiger partial charge in [0, 0.05) is 6.04 Å². The molecule has 0 heterocycles. The highest BCUT2D eigenvalue weighted by atomic mass is 16.4. The van der Waals surface area contributed by atoms with Gasteiger partial charge in [0.05, 0.1) is 0 Å². The van der Waals surface area contributed by atoms with E-state index in [2.05, 4.69) is 11.9 Å². The van der Waals surface area contributed by atoms with Crippen LogP contribution < -0.4 is 5.32 Å². The van der Waals surface area contributed by atoms with Crippen molar-refractivity contribution < 1.29 is 15.0 Å². The zero-order valence-electron chi connectivity index (χ0n) is 5.82. The van der Waals surface area contributed by atoms with E-state index in [0.717, 1.165) is 6.08 Å². The molecule has 4 nitrogen and oxygen atoms in total. The van der Waals surface area contributed by atoms with Crippen LogP contribution in [0.15, 0.2) is 12.7 Å². The molecule has 0 saturated carbocycles. The second kappa shape index (κ2) is 4.36. The number of aliphatic hydroxyl groups is 1. The second-order valence-corrected chi connectivity index (χ2v) is 1.83. The van der Waals surface area contributed by atoms with Crippen molar-refractivity contribution in [3.05, 3.63) is 12.7 Å². The molecule has 0 aromatic carbocycles. The van der Waals surface area contributed by atoms with E-state index in [1.165, 1.54) is 0 Å². The van der Waals surface area contributed by atoms with E-state index in [1.54, 1.807) is 0 Å². The minimum absolute atomic E-state index is 1.10. The van der Waals surface area contributed by atoms with E-state index >= 15 is 0 Å². The number of hydrogen-bond acceptors (Lipinski definition) is 3. The molecule has 0 bridgehead atoms. The molecule has 11 heavy (non-hydrogen) atoms. The Bertz CT molecular complexity index is 194. The smallest absolute Gasteiger partial charge is 0.329 e. The fourth-order valence-electron chi connectivity index (χ4n) is 0.519. The first-order valence-electron chi connectivity index (χ1n) is 2.88. The van der Waals surface area contributed by atoms with Gasteiger partial charge in [-0.15, -0.1) is 6.58 Å². The van der Waals surface area contributed by atoms with Gasteiger partial charge in [-0.2, -0.15) is 0 Å². The number of carbonyl (C=O) groups is 1. The average Bonchev–Trinajstić information content (AvgIpc) is 1.98. The number of aliphatic hydroxyl groups excluding tert-OH is 1. The van der Waals surface area contributed by atoms with Crippen LogP contribution in [-0.4, -0.2) is 28.3 Å². The van der Waals surface area contributed by atoms with Gasteiger partial charge < -0.3 is 15.5 Å². The predicted molar refractivity (Wildman–Crippen MR) is 39.6 cm³/mol. The Kier molecular flexibility index (Phi) is 3.78. The Balaban J connectivity index is 4.22. The monoisotopic (exact) mass is 155 g/mol. The molecular weight excluding hydrogens is 146 g/mol. The quantitative estimate of drug-likeness (QED) is 0.281. The van der Waals surface area contributed by atoms with Crippen LogP contribution in [-0.2, 0) is 4.79 Å². The second-order valence-electron chi connectivity index (χ2n) is 1.83. The highest BCUT2D eigenvalue weighted by Gasteiger charge is 2.22. The molecule has 3 N–H and O–H groups in total. The summed E-state index contributed by atoms with van der Waals surface area (Å²) in [5, 5.41) is 19.5. The maximum absolute atomic E-state index is 10.3. The Morgan fingerprint density at radius 3 is 2.64 bits per heavy atom. The zero-order chi connectivity index (χ0) is 8.85. The number of rotatable bonds is 4. The van der Waals surface area contributed by atoms with E-state index in [4.69, 9.17) is 16.6 Å². The van der Waals surface area contributed by atoms with Gasteiger partial charge in [-0.05, 0) is 0 Å². The van der Waals surface area contributed by atoms with Crippen molar-refractivity contribution >= 4 is 5.97 Å². The lowest BCUT2D eigenvalue weighted by Crippen LogP contribution is -2.42. The van der Waals surface area contributed by atoms with Crippen molar-refractivity contribution in [3.8, 4) is 12.5 Å². The lowest BCUT2D eigenvalue weighted by molar-refractivity contribution is -0.141. The summed E-state index contributed by atoms with van der Waals surface area (Å²) >= 11 is 0. The van der Waals surface area contributed by atoms with Crippen LogP contribution >= 0.6 is 0 Å². The van der Waals surface area contributed by atoms with Gasteiger partial charge in [0.2, 0.25) is 0 Å².